The van der Waals surface area contributed by atoms with Gasteiger partial charge >= 0.3 is 6.03 Å². The minimum absolute atomic E-state index is 0.214. The van der Waals surface area contributed by atoms with Gasteiger partial charge in [-0.05, 0) is 36.8 Å². The van der Waals surface area contributed by atoms with E-state index in [1.165, 1.54) is 0 Å². The van der Waals surface area contributed by atoms with Gasteiger partial charge in [0, 0.05) is 36.7 Å². The van der Waals surface area contributed by atoms with Gasteiger partial charge in [-0.2, -0.15) is 11.8 Å². The molecule has 1 unspecified atom stereocenters. The molecule has 0 saturated carbocycles. The monoisotopic (exact) mass is 307 g/mol. The van der Waals surface area contributed by atoms with Crippen molar-refractivity contribution in [2.45, 2.75) is 12.5 Å². The zero-order valence-corrected chi connectivity index (χ0v) is 13.3. The van der Waals surface area contributed by atoms with Crippen molar-refractivity contribution in [2.75, 3.05) is 23.9 Å². The van der Waals surface area contributed by atoms with Crippen molar-refractivity contribution in [3.05, 3.63) is 30.5 Å². The lowest BCUT2D eigenvalue weighted by Crippen LogP contribution is -2.43. The quantitative estimate of drug-likeness (QED) is 0.795. The average Bonchev–Trinajstić information content (AvgIpc) is 2.78. The van der Waals surface area contributed by atoms with E-state index in [9.17, 15) is 9.90 Å². The van der Waals surface area contributed by atoms with Crippen LogP contribution in [0.5, 0.6) is 0 Å². The standard InChI is InChI=1S/C15H21N3O2S/c1-15(20,10-21-3)9-16-14(19)17-12-5-4-11-6-7-18(2)13(11)8-12/h4-8,20H,9-10H2,1-3H3,(H2,16,17,19). The van der Waals surface area contributed by atoms with E-state index in [-0.39, 0.29) is 12.6 Å². The van der Waals surface area contributed by atoms with Gasteiger partial charge in [-0.15, -0.1) is 0 Å². The van der Waals surface area contributed by atoms with E-state index in [1.807, 2.05) is 48.3 Å². The van der Waals surface area contributed by atoms with Crippen LogP contribution in [-0.4, -0.2) is 39.9 Å². The molecule has 0 aliphatic heterocycles. The first-order valence-corrected chi connectivity index (χ1v) is 8.12. The molecule has 0 aliphatic rings. The number of benzene rings is 1. The van der Waals surface area contributed by atoms with E-state index >= 15 is 0 Å². The highest BCUT2D eigenvalue weighted by Gasteiger charge is 2.20. The van der Waals surface area contributed by atoms with E-state index in [0.29, 0.717) is 5.75 Å². The van der Waals surface area contributed by atoms with Gasteiger partial charge < -0.3 is 20.3 Å². The number of rotatable bonds is 5. The van der Waals surface area contributed by atoms with Crippen LogP contribution in [0.1, 0.15) is 6.92 Å². The second-order valence-electron chi connectivity index (χ2n) is 5.44. The van der Waals surface area contributed by atoms with Crippen molar-refractivity contribution in [3.63, 3.8) is 0 Å². The zero-order chi connectivity index (χ0) is 15.5. The van der Waals surface area contributed by atoms with Gasteiger partial charge in [-0.3, -0.25) is 0 Å². The van der Waals surface area contributed by atoms with Crippen molar-refractivity contribution in [2.24, 2.45) is 7.05 Å². The second kappa shape index (κ2) is 6.41. The molecule has 0 spiro atoms. The Morgan fingerprint density at radius 3 is 2.90 bits per heavy atom. The smallest absolute Gasteiger partial charge is 0.319 e. The third-order valence-electron chi connectivity index (χ3n) is 3.23. The first kappa shape index (κ1) is 15.7. The maximum absolute atomic E-state index is 11.9. The number of aryl methyl sites for hydroxylation is 1. The molecule has 0 aliphatic carbocycles. The van der Waals surface area contributed by atoms with Gasteiger partial charge in [0.25, 0.3) is 0 Å². The zero-order valence-electron chi connectivity index (χ0n) is 12.5. The molecule has 3 N–H and O–H groups in total. The number of aromatic nitrogens is 1. The molecule has 0 radical (unpaired) electrons. The van der Waals surface area contributed by atoms with Crippen molar-refractivity contribution < 1.29 is 9.90 Å². The maximum atomic E-state index is 11.9. The summed E-state index contributed by atoms with van der Waals surface area (Å²) < 4.78 is 2.00. The summed E-state index contributed by atoms with van der Waals surface area (Å²) in [4.78, 5) is 11.9. The second-order valence-corrected chi connectivity index (χ2v) is 6.30. The molecule has 21 heavy (non-hydrogen) atoms. The molecule has 0 fully saturated rings. The fraction of sp³-hybridized carbons (Fsp3) is 0.400. The van der Waals surface area contributed by atoms with Crippen LogP contribution in [0.4, 0.5) is 10.5 Å². The maximum Gasteiger partial charge on any atom is 0.319 e. The normalized spacial score (nSPS) is 13.9. The van der Waals surface area contributed by atoms with Crippen LogP contribution in [0, 0.1) is 0 Å². The Bertz CT molecular complexity index is 637. The van der Waals surface area contributed by atoms with E-state index in [1.54, 1.807) is 18.7 Å². The Balaban J connectivity index is 1.96. The van der Waals surface area contributed by atoms with Crippen molar-refractivity contribution in [3.8, 4) is 0 Å². The number of carbonyl (C=O) groups excluding carboxylic acids is 1. The van der Waals surface area contributed by atoms with E-state index < -0.39 is 5.60 Å². The molecule has 1 atom stereocenters. The van der Waals surface area contributed by atoms with Gasteiger partial charge in [-0.25, -0.2) is 4.79 Å². The number of hydrogen-bond acceptors (Lipinski definition) is 3. The average molecular weight is 307 g/mol. The number of hydrogen-bond donors (Lipinski definition) is 3. The lowest BCUT2D eigenvalue weighted by molar-refractivity contribution is 0.0876. The number of urea groups is 1. The largest absolute Gasteiger partial charge is 0.387 e. The molecule has 1 aromatic heterocycles. The lowest BCUT2D eigenvalue weighted by atomic mass is 10.1. The molecule has 2 amide bonds. The van der Waals surface area contributed by atoms with Crippen LogP contribution in [-0.2, 0) is 7.05 Å². The fourth-order valence-electron chi connectivity index (χ4n) is 2.15. The predicted octanol–water partition coefficient (Wildman–Crippen LogP) is 2.41. The Hall–Kier alpha value is -1.66. The lowest BCUT2D eigenvalue weighted by Gasteiger charge is -2.22. The molecule has 114 valence electrons. The number of fused-ring (bicyclic) bond motifs is 1. The van der Waals surface area contributed by atoms with Gasteiger partial charge in [0.2, 0.25) is 0 Å². The number of anilines is 1. The number of amides is 2. The SMILES string of the molecule is CSCC(C)(O)CNC(=O)Nc1ccc2ccn(C)c2c1. The molecule has 5 nitrogen and oxygen atoms in total. The molecular weight excluding hydrogens is 286 g/mol. The van der Waals surface area contributed by atoms with Crippen LogP contribution < -0.4 is 10.6 Å². The van der Waals surface area contributed by atoms with Crippen LogP contribution in [0.2, 0.25) is 0 Å². The summed E-state index contributed by atoms with van der Waals surface area (Å²) in [5.41, 5.74) is 0.882. The van der Waals surface area contributed by atoms with Crippen LogP contribution in [0.15, 0.2) is 30.5 Å². The molecular formula is C15H21N3O2S. The summed E-state index contributed by atoms with van der Waals surface area (Å²) in [6, 6.07) is 7.47. The fourth-order valence-corrected chi connectivity index (χ4v) is 2.87. The first-order chi connectivity index (χ1) is 9.91. The Morgan fingerprint density at radius 2 is 2.19 bits per heavy atom. The van der Waals surface area contributed by atoms with E-state index in [0.717, 1.165) is 16.6 Å². The number of nitrogens with one attached hydrogen (secondary N) is 2. The summed E-state index contributed by atoms with van der Waals surface area (Å²) in [5.74, 6) is 0.572. The third-order valence-corrected chi connectivity index (χ3v) is 4.14. The summed E-state index contributed by atoms with van der Waals surface area (Å²) in [6.07, 6.45) is 3.90. The van der Waals surface area contributed by atoms with Gasteiger partial charge in [-0.1, -0.05) is 6.07 Å². The van der Waals surface area contributed by atoms with Crippen molar-refractivity contribution in [1.82, 2.24) is 9.88 Å². The molecule has 0 saturated heterocycles. The predicted molar refractivity (Wildman–Crippen MR) is 88.9 cm³/mol. The van der Waals surface area contributed by atoms with Crippen LogP contribution in [0.3, 0.4) is 0 Å². The van der Waals surface area contributed by atoms with Crippen LogP contribution in [0.25, 0.3) is 10.9 Å². The Kier molecular flexibility index (Phi) is 4.80. The summed E-state index contributed by atoms with van der Waals surface area (Å²) in [5, 5.41) is 16.6. The molecule has 0 bridgehead atoms. The van der Waals surface area contributed by atoms with Gasteiger partial charge in [0.05, 0.1) is 5.60 Å². The van der Waals surface area contributed by atoms with Gasteiger partial charge in [0.15, 0.2) is 0 Å². The first-order valence-electron chi connectivity index (χ1n) is 6.72. The van der Waals surface area contributed by atoms with Crippen molar-refractivity contribution >= 4 is 34.4 Å². The molecule has 6 heteroatoms. The van der Waals surface area contributed by atoms with E-state index in [2.05, 4.69) is 10.6 Å². The minimum Gasteiger partial charge on any atom is -0.387 e. The topological polar surface area (TPSA) is 66.3 Å². The highest BCUT2D eigenvalue weighted by atomic mass is 32.2. The Morgan fingerprint density at radius 1 is 1.43 bits per heavy atom. The van der Waals surface area contributed by atoms with Crippen molar-refractivity contribution in [1.29, 1.82) is 0 Å². The number of nitrogens with zero attached hydrogens (tertiary/aromatic N) is 1. The van der Waals surface area contributed by atoms with E-state index in [4.69, 9.17) is 0 Å². The molecule has 2 rings (SSSR count). The molecule has 1 aromatic carbocycles. The summed E-state index contributed by atoms with van der Waals surface area (Å²) in [6.45, 7) is 1.92. The summed E-state index contributed by atoms with van der Waals surface area (Å²) in [7, 11) is 1.96. The highest BCUT2D eigenvalue weighted by Crippen LogP contribution is 2.19. The molecule has 1 heterocycles. The van der Waals surface area contributed by atoms with Gasteiger partial charge in [0.1, 0.15) is 0 Å². The minimum atomic E-state index is -0.904. The molecule has 2 aromatic rings. The third kappa shape index (κ3) is 4.15. The number of thioether (sulfide) groups is 1. The number of carbonyl (C=O) groups is 1. The Labute approximate surface area is 128 Å². The van der Waals surface area contributed by atoms with Crippen LogP contribution >= 0.6 is 11.8 Å². The highest BCUT2D eigenvalue weighted by molar-refractivity contribution is 7.98. The summed E-state index contributed by atoms with van der Waals surface area (Å²) >= 11 is 1.54. The number of aliphatic hydroxyl groups is 1.